The fraction of sp³-hybridized carbons (Fsp3) is 0.857. The Morgan fingerprint density at radius 3 is 3.10 bits per heavy atom. The van der Waals surface area contributed by atoms with Crippen LogP contribution < -0.4 is 5.32 Å². The molecule has 2 bridgehead atoms. The number of rotatable bonds is 0. The molecule has 1 N–H and O–H groups in total. The number of hydrogen-bond donors (Lipinski definition) is 1. The minimum absolute atomic E-state index is 0.139. The third-order valence-corrected chi connectivity index (χ3v) is 2.22. The van der Waals surface area contributed by atoms with Gasteiger partial charge in [0.05, 0.1) is 24.2 Å². The molecule has 0 aliphatic carbocycles. The molecule has 3 nitrogen and oxygen atoms in total. The molecule has 2 fully saturated rings. The Bertz CT molecular complexity index is 175. The third kappa shape index (κ3) is 0.808. The van der Waals surface area contributed by atoms with Crippen LogP contribution in [0.5, 0.6) is 0 Å². The molecule has 0 aromatic rings. The molecular weight excluding hydrogens is 128 g/mol. The summed E-state index contributed by atoms with van der Waals surface area (Å²) in [6.07, 6.45) is 1.40. The Morgan fingerprint density at radius 2 is 2.40 bits per heavy atom. The zero-order chi connectivity index (χ0) is 6.97. The second-order valence-electron chi connectivity index (χ2n) is 2.93. The molecule has 10 heavy (non-hydrogen) atoms. The highest BCUT2D eigenvalue weighted by molar-refractivity contribution is 4.99. The monoisotopic (exact) mass is 138 g/mol. The number of nitrogens with one attached hydrogen (secondary N) is 1. The predicted molar refractivity (Wildman–Crippen MR) is 35.3 cm³/mol. The van der Waals surface area contributed by atoms with Crippen LogP contribution in [0.3, 0.4) is 0 Å². The van der Waals surface area contributed by atoms with Crippen molar-refractivity contribution in [1.82, 2.24) is 5.32 Å². The molecule has 0 saturated carbocycles. The Balaban J connectivity index is 2.10. The molecule has 2 aliphatic rings. The molecule has 0 spiro atoms. The second kappa shape index (κ2) is 2.22. The molecule has 3 heteroatoms. The third-order valence-electron chi connectivity index (χ3n) is 2.22. The lowest BCUT2D eigenvalue weighted by Crippen LogP contribution is -2.39. The molecule has 3 unspecified atom stereocenters. The topological polar surface area (TPSA) is 45.0 Å². The number of ether oxygens (including phenoxy) is 1. The fourth-order valence-electron chi connectivity index (χ4n) is 1.68. The van der Waals surface area contributed by atoms with Crippen LogP contribution in [0.2, 0.25) is 0 Å². The van der Waals surface area contributed by atoms with Crippen LogP contribution >= 0.6 is 0 Å². The van der Waals surface area contributed by atoms with E-state index < -0.39 is 0 Å². The van der Waals surface area contributed by atoms with E-state index in [2.05, 4.69) is 11.4 Å². The lowest BCUT2D eigenvalue weighted by molar-refractivity contribution is 0.0130. The van der Waals surface area contributed by atoms with Gasteiger partial charge in [0.25, 0.3) is 0 Å². The predicted octanol–water partition coefficient (Wildman–Crippen LogP) is -0.113. The van der Waals surface area contributed by atoms with E-state index in [-0.39, 0.29) is 12.0 Å². The van der Waals surface area contributed by atoms with Crippen LogP contribution in [0.15, 0.2) is 0 Å². The lowest BCUT2D eigenvalue weighted by Gasteiger charge is -2.20. The summed E-state index contributed by atoms with van der Waals surface area (Å²) in [7, 11) is 0. The first-order chi connectivity index (χ1) is 4.90. The maximum Gasteiger partial charge on any atom is 0.0862 e. The summed E-state index contributed by atoms with van der Waals surface area (Å²) in [6, 6.07) is 2.27. The van der Waals surface area contributed by atoms with Crippen molar-refractivity contribution in [1.29, 1.82) is 5.26 Å². The molecule has 0 amide bonds. The highest BCUT2D eigenvalue weighted by Gasteiger charge is 2.37. The molecule has 0 aromatic carbocycles. The van der Waals surface area contributed by atoms with Gasteiger partial charge in [0.2, 0.25) is 0 Å². The molecule has 0 radical (unpaired) electrons. The van der Waals surface area contributed by atoms with E-state index in [9.17, 15) is 0 Å². The van der Waals surface area contributed by atoms with Gasteiger partial charge in [-0.15, -0.1) is 0 Å². The quantitative estimate of drug-likeness (QED) is 0.508. The van der Waals surface area contributed by atoms with Crippen molar-refractivity contribution in [3.8, 4) is 6.07 Å². The fourth-order valence-corrected chi connectivity index (χ4v) is 1.68. The highest BCUT2D eigenvalue weighted by atomic mass is 16.5. The minimum atomic E-state index is 0.139. The van der Waals surface area contributed by atoms with Gasteiger partial charge in [0.1, 0.15) is 0 Å². The van der Waals surface area contributed by atoms with E-state index in [0.29, 0.717) is 6.10 Å². The van der Waals surface area contributed by atoms with Crippen LogP contribution in [0.1, 0.15) is 6.42 Å². The van der Waals surface area contributed by atoms with Crippen molar-refractivity contribution in [3.05, 3.63) is 0 Å². The lowest BCUT2D eigenvalue weighted by atomic mass is 10.0. The van der Waals surface area contributed by atoms with Gasteiger partial charge in [-0.1, -0.05) is 0 Å². The van der Waals surface area contributed by atoms with Crippen molar-refractivity contribution in [3.63, 3.8) is 0 Å². The molecule has 2 rings (SSSR count). The van der Waals surface area contributed by atoms with E-state index in [0.717, 1.165) is 19.5 Å². The average Bonchev–Trinajstić information content (AvgIpc) is 2.26. The van der Waals surface area contributed by atoms with Gasteiger partial charge >= 0.3 is 0 Å². The molecular formula is C7H10N2O. The summed E-state index contributed by atoms with van der Waals surface area (Å²) >= 11 is 0. The van der Waals surface area contributed by atoms with E-state index in [1.807, 2.05) is 0 Å². The summed E-state index contributed by atoms with van der Waals surface area (Å²) in [6.45, 7) is 1.78. The van der Waals surface area contributed by atoms with Crippen LogP contribution in [0.25, 0.3) is 0 Å². The van der Waals surface area contributed by atoms with Gasteiger partial charge < -0.3 is 10.1 Å². The SMILES string of the molecule is N#CC1CC2CNCC1O2. The van der Waals surface area contributed by atoms with Crippen LogP contribution in [0, 0.1) is 17.2 Å². The number of fused-ring (bicyclic) bond motifs is 2. The van der Waals surface area contributed by atoms with Crippen molar-refractivity contribution < 1.29 is 4.74 Å². The zero-order valence-corrected chi connectivity index (χ0v) is 5.71. The Kier molecular flexibility index (Phi) is 1.37. The van der Waals surface area contributed by atoms with Gasteiger partial charge in [-0.3, -0.25) is 0 Å². The van der Waals surface area contributed by atoms with Gasteiger partial charge in [-0.2, -0.15) is 5.26 Å². The first-order valence-electron chi connectivity index (χ1n) is 3.66. The number of morpholine rings is 1. The maximum absolute atomic E-state index is 8.66. The molecule has 2 heterocycles. The first-order valence-corrected chi connectivity index (χ1v) is 3.66. The maximum atomic E-state index is 8.66. The number of hydrogen-bond acceptors (Lipinski definition) is 3. The molecule has 0 aromatic heterocycles. The molecule has 2 aliphatic heterocycles. The Labute approximate surface area is 60.0 Å². The number of nitrogens with zero attached hydrogens (tertiary/aromatic N) is 1. The number of nitriles is 1. The van der Waals surface area contributed by atoms with E-state index in [1.54, 1.807) is 0 Å². The van der Waals surface area contributed by atoms with Gasteiger partial charge in [-0.05, 0) is 6.42 Å². The van der Waals surface area contributed by atoms with Gasteiger partial charge in [0.15, 0.2) is 0 Å². The highest BCUT2D eigenvalue weighted by Crippen LogP contribution is 2.27. The molecule has 54 valence electrons. The largest absolute Gasteiger partial charge is 0.371 e. The summed E-state index contributed by atoms with van der Waals surface area (Å²) < 4.78 is 5.52. The van der Waals surface area contributed by atoms with E-state index in [1.165, 1.54) is 0 Å². The van der Waals surface area contributed by atoms with Crippen molar-refractivity contribution >= 4 is 0 Å². The van der Waals surface area contributed by atoms with Crippen LogP contribution in [-0.4, -0.2) is 25.3 Å². The standard InChI is InChI=1S/C7H10N2O/c8-2-5-1-6-3-9-4-7(5)10-6/h5-7,9H,1,3-4H2. The summed E-state index contributed by atoms with van der Waals surface area (Å²) in [4.78, 5) is 0. The summed E-state index contributed by atoms with van der Waals surface area (Å²) in [5, 5.41) is 11.9. The van der Waals surface area contributed by atoms with Crippen LogP contribution in [-0.2, 0) is 4.74 Å². The smallest absolute Gasteiger partial charge is 0.0862 e. The zero-order valence-electron chi connectivity index (χ0n) is 5.71. The average molecular weight is 138 g/mol. The summed E-state index contributed by atoms with van der Waals surface area (Å²) in [5.74, 6) is 0.139. The van der Waals surface area contributed by atoms with Gasteiger partial charge in [-0.25, -0.2) is 0 Å². The normalized spacial score (nSPS) is 44.9. The Hall–Kier alpha value is -0.590. The van der Waals surface area contributed by atoms with Crippen LogP contribution in [0.4, 0.5) is 0 Å². The first kappa shape index (κ1) is 6.14. The van der Waals surface area contributed by atoms with Crippen molar-refractivity contribution in [2.45, 2.75) is 18.6 Å². The van der Waals surface area contributed by atoms with Crippen molar-refractivity contribution in [2.75, 3.05) is 13.1 Å². The van der Waals surface area contributed by atoms with Gasteiger partial charge in [0, 0.05) is 13.1 Å². The molecule has 3 atom stereocenters. The van der Waals surface area contributed by atoms with Crippen molar-refractivity contribution in [2.24, 2.45) is 5.92 Å². The minimum Gasteiger partial charge on any atom is -0.371 e. The Morgan fingerprint density at radius 1 is 1.50 bits per heavy atom. The van der Waals surface area contributed by atoms with E-state index >= 15 is 0 Å². The molecule has 2 saturated heterocycles. The van der Waals surface area contributed by atoms with E-state index in [4.69, 9.17) is 10.00 Å². The second-order valence-corrected chi connectivity index (χ2v) is 2.93. The summed E-state index contributed by atoms with van der Waals surface area (Å²) in [5.41, 5.74) is 0.